The molecular formula is C21H16O7. The smallest absolute Gasteiger partial charge is 0.336 e. The van der Waals surface area contributed by atoms with E-state index in [9.17, 15) is 9.59 Å². The summed E-state index contributed by atoms with van der Waals surface area (Å²) in [5.41, 5.74) is 1.18. The van der Waals surface area contributed by atoms with Crippen LogP contribution in [-0.2, 0) is 16.1 Å². The van der Waals surface area contributed by atoms with Gasteiger partial charge in [0.1, 0.15) is 17.9 Å². The Morgan fingerprint density at radius 3 is 2.82 bits per heavy atom. The molecule has 0 saturated heterocycles. The van der Waals surface area contributed by atoms with Crippen molar-refractivity contribution in [2.75, 3.05) is 13.9 Å². The third-order valence-electron chi connectivity index (χ3n) is 4.22. The molecule has 3 aromatic rings. The highest BCUT2D eigenvalue weighted by atomic mass is 16.7. The van der Waals surface area contributed by atoms with Crippen LogP contribution in [0.4, 0.5) is 0 Å². The number of benzene rings is 2. The van der Waals surface area contributed by atoms with Crippen molar-refractivity contribution >= 4 is 23.0 Å². The Bertz CT molecular complexity index is 1130. The summed E-state index contributed by atoms with van der Waals surface area (Å²) < 4.78 is 26.1. The lowest BCUT2D eigenvalue weighted by atomic mass is 10.1. The molecule has 2 heterocycles. The van der Waals surface area contributed by atoms with Gasteiger partial charge in [-0.25, -0.2) is 9.59 Å². The van der Waals surface area contributed by atoms with Crippen LogP contribution in [0.1, 0.15) is 11.1 Å². The minimum atomic E-state index is -0.535. The van der Waals surface area contributed by atoms with Crippen molar-refractivity contribution in [2.24, 2.45) is 0 Å². The van der Waals surface area contributed by atoms with Crippen LogP contribution in [0, 0.1) is 0 Å². The van der Waals surface area contributed by atoms with Gasteiger partial charge < -0.3 is 23.4 Å². The predicted molar refractivity (Wildman–Crippen MR) is 100 cm³/mol. The second-order valence-electron chi connectivity index (χ2n) is 6.01. The Labute approximate surface area is 159 Å². The van der Waals surface area contributed by atoms with Crippen molar-refractivity contribution in [1.82, 2.24) is 0 Å². The fourth-order valence-corrected chi connectivity index (χ4v) is 2.83. The second-order valence-corrected chi connectivity index (χ2v) is 6.01. The van der Waals surface area contributed by atoms with E-state index in [0.29, 0.717) is 33.8 Å². The molecule has 0 saturated carbocycles. The molecule has 4 rings (SSSR count). The Hall–Kier alpha value is -3.74. The summed E-state index contributed by atoms with van der Waals surface area (Å²) in [5.74, 6) is 1.34. The molecule has 142 valence electrons. The number of hydrogen-bond donors (Lipinski definition) is 0. The highest BCUT2D eigenvalue weighted by Crippen LogP contribution is 2.32. The van der Waals surface area contributed by atoms with Crippen LogP contribution < -0.4 is 19.8 Å². The highest BCUT2D eigenvalue weighted by molar-refractivity contribution is 5.87. The van der Waals surface area contributed by atoms with Gasteiger partial charge in [0.25, 0.3) is 0 Å². The number of ether oxygens (including phenoxy) is 4. The maximum atomic E-state index is 12.1. The fraction of sp³-hybridized carbons (Fsp3) is 0.143. The van der Waals surface area contributed by atoms with Gasteiger partial charge in [0.15, 0.2) is 11.5 Å². The minimum Gasteiger partial charge on any atom is -0.497 e. The van der Waals surface area contributed by atoms with Crippen molar-refractivity contribution in [1.29, 1.82) is 0 Å². The molecule has 7 nitrogen and oxygen atoms in total. The van der Waals surface area contributed by atoms with Gasteiger partial charge >= 0.3 is 11.6 Å². The summed E-state index contributed by atoms with van der Waals surface area (Å²) in [5, 5.41) is 0.674. The molecule has 0 aliphatic carbocycles. The number of methoxy groups -OCH3 is 1. The first-order valence-electron chi connectivity index (χ1n) is 8.47. The largest absolute Gasteiger partial charge is 0.497 e. The first-order valence-corrected chi connectivity index (χ1v) is 8.47. The molecule has 0 unspecified atom stereocenters. The Balaban J connectivity index is 1.47. The van der Waals surface area contributed by atoms with Crippen LogP contribution in [0.15, 0.2) is 57.8 Å². The number of fused-ring (bicyclic) bond motifs is 2. The highest BCUT2D eigenvalue weighted by Gasteiger charge is 2.12. The molecular weight excluding hydrogens is 364 g/mol. The van der Waals surface area contributed by atoms with E-state index in [1.54, 1.807) is 42.5 Å². The van der Waals surface area contributed by atoms with Gasteiger partial charge in [0.05, 0.1) is 7.11 Å². The third kappa shape index (κ3) is 3.68. The van der Waals surface area contributed by atoms with Crippen LogP contribution in [0.2, 0.25) is 0 Å². The first kappa shape index (κ1) is 17.7. The molecule has 0 N–H and O–H groups in total. The lowest BCUT2D eigenvalue weighted by molar-refractivity contribution is -0.138. The number of esters is 1. The summed E-state index contributed by atoms with van der Waals surface area (Å²) >= 11 is 0. The zero-order valence-corrected chi connectivity index (χ0v) is 15.0. The maximum absolute atomic E-state index is 12.1. The number of carbonyl (C=O) groups excluding carboxylic acids is 1. The molecule has 2 aromatic carbocycles. The molecule has 0 amide bonds. The summed E-state index contributed by atoms with van der Waals surface area (Å²) in [7, 11) is 1.53. The van der Waals surface area contributed by atoms with Crippen molar-refractivity contribution in [2.45, 2.75) is 6.61 Å². The van der Waals surface area contributed by atoms with Crippen LogP contribution >= 0.6 is 0 Å². The zero-order chi connectivity index (χ0) is 19.5. The van der Waals surface area contributed by atoms with Gasteiger partial charge in [-0.15, -0.1) is 0 Å². The van der Waals surface area contributed by atoms with E-state index in [-0.39, 0.29) is 13.4 Å². The van der Waals surface area contributed by atoms with Crippen LogP contribution in [-0.4, -0.2) is 19.9 Å². The first-order chi connectivity index (χ1) is 13.6. The van der Waals surface area contributed by atoms with Crippen molar-refractivity contribution < 1.29 is 28.2 Å². The normalized spacial score (nSPS) is 12.5. The average Bonchev–Trinajstić information content (AvgIpc) is 3.17. The van der Waals surface area contributed by atoms with E-state index in [1.807, 2.05) is 0 Å². The van der Waals surface area contributed by atoms with Gasteiger partial charge in [0.2, 0.25) is 6.79 Å². The van der Waals surface area contributed by atoms with Crippen LogP contribution in [0.3, 0.4) is 0 Å². The van der Waals surface area contributed by atoms with Gasteiger partial charge in [0, 0.05) is 29.2 Å². The number of hydrogen-bond acceptors (Lipinski definition) is 7. The Morgan fingerprint density at radius 2 is 1.96 bits per heavy atom. The van der Waals surface area contributed by atoms with Crippen molar-refractivity contribution in [3.05, 3.63) is 70.1 Å². The van der Waals surface area contributed by atoms with Gasteiger partial charge in [-0.1, -0.05) is 6.07 Å². The Kier molecular flexibility index (Phi) is 4.72. The summed E-state index contributed by atoms with van der Waals surface area (Å²) in [6, 6.07) is 11.8. The van der Waals surface area contributed by atoms with Gasteiger partial charge in [-0.3, -0.25) is 0 Å². The standard InChI is InChI=1S/C21H16O7/c1-24-15-4-5-16-14(9-21(23)28-18(16)10-15)11-25-20(22)7-3-13-2-6-17-19(8-13)27-12-26-17/h2-10H,11-12H2,1H3/b7-3+. The molecule has 0 atom stereocenters. The third-order valence-corrected chi connectivity index (χ3v) is 4.22. The molecule has 1 aromatic heterocycles. The van der Waals surface area contributed by atoms with Gasteiger partial charge in [-0.2, -0.15) is 0 Å². The van der Waals surface area contributed by atoms with Crippen molar-refractivity contribution in [3.8, 4) is 17.2 Å². The maximum Gasteiger partial charge on any atom is 0.336 e. The molecule has 0 bridgehead atoms. The SMILES string of the molecule is COc1ccc2c(COC(=O)/C=C/c3ccc4c(c3)OCO4)cc(=O)oc2c1. The van der Waals surface area contributed by atoms with E-state index in [2.05, 4.69) is 0 Å². The van der Waals surface area contributed by atoms with Gasteiger partial charge in [-0.05, 0) is 35.9 Å². The topological polar surface area (TPSA) is 84.2 Å². The van der Waals surface area contributed by atoms with E-state index >= 15 is 0 Å². The van der Waals surface area contributed by atoms with Crippen LogP contribution in [0.25, 0.3) is 17.0 Å². The zero-order valence-electron chi connectivity index (χ0n) is 15.0. The minimum absolute atomic E-state index is 0.0568. The molecule has 1 aliphatic heterocycles. The fourth-order valence-electron chi connectivity index (χ4n) is 2.83. The average molecular weight is 380 g/mol. The monoisotopic (exact) mass is 380 g/mol. The predicted octanol–water partition coefficient (Wildman–Crippen LogP) is 3.29. The molecule has 7 heteroatoms. The van der Waals surface area contributed by atoms with E-state index < -0.39 is 11.6 Å². The van der Waals surface area contributed by atoms with E-state index in [1.165, 1.54) is 19.3 Å². The molecule has 0 spiro atoms. The number of rotatable bonds is 5. The quantitative estimate of drug-likeness (QED) is 0.381. The summed E-state index contributed by atoms with van der Waals surface area (Å²) in [6.45, 7) is 0.133. The van der Waals surface area contributed by atoms with Crippen molar-refractivity contribution in [3.63, 3.8) is 0 Å². The molecule has 1 aliphatic rings. The lowest BCUT2D eigenvalue weighted by Gasteiger charge is -2.07. The van der Waals surface area contributed by atoms with E-state index in [0.717, 1.165) is 5.56 Å². The molecule has 0 radical (unpaired) electrons. The summed E-state index contributed by atoms with van der Waals surface area (Å²) in [6.07, 6.45) is 2.93. The lowest BCUT2D eigenvalue weighted by Crippen LogP contribution is -2.05. The van der Waals surface area contributed by atoms with Crippen LogP contribution in [0.5, 0.6) is 17.2 Å². The Morgan fingerprint density at radius 1 is 1.11 bits per heavy atom. The second kappa shape index (κ2) is 7.48. The van der Waals surface area contributed by atoms with E-state index in [4.69, 9.17) is 23.4 Å². The number of carbonyl (C=O) groups is 1. The summed E-state index contributed by atoms with van der Waals surface area (Å²) in [4.78, 5) is 23.8. The molecule has 28 heavy (non-hydrogen) atoms. The molecule has 0 fully saturated rings.